The van der Waals surface area contributed by atoms with Gasteiger partial charge in [0.25, 0.3) is 0 Å². The molecular formula is C16H16ClFN2O. The molecule has 0 amide bonds. The van der Waals surface area contributed by atoms with E-state index in [1.54, 1.807) is 6.07 Å². The summed E-state index contributed by atoms with van der Waals surface area (Å²) in [5.41, 5.74) is 5.52. The number of benzene rings is 2. The molecule has 2 N–H and O–H groups in total. The summed E-state index contributed by atoms with van der Waals surface area (Å²) in [6, 6.07) is 9.29. The Kier molecular flexibility index (Phi) is 4.81. The largest absolute Gasteiger partial charge is 0.507 e. The molecule has 0 bridgehead atoms. The van der Waals surface area contributed by atoms with E-state index in [0.29, 0.717) is 22.7 Å². The highest BCUT2D eigenvalue weighted by Crippen LogP contribution is 2.22. The Morgan fingerprint density at radius 3 is 2.71 bits per heavy atom. The average molecular weight is 307 g/mol. The molecule has 0 radical (unpaired) electrons. The number of hydrazone groups is 1. The van der Waals surface area contributed by atoms with Gasteiger partial charge in [0.05, 0.1) is 11.4 Å². The Morgan fingerprint density at radius 1 is 1.29 bits per heavy atom. The smallest absolute Gasteiger partial charge is 0.124 e. The zero-order valence-electron chi connectivity index (χ0n) is 11.8. The summed E-state index contributed by atoms with van der Waals surface area (Å²) in [7, 11) is 0. The summed E-state index contributed by atoms with van der Waals surface area (Å²) in [5, 5.41) is 14.7. The van der Waals surface area contributed by atoms with E-state index in [0.717, 1.165) is 11.3 Å². The summed E-state index contributed by atoms with van der Waals surface area (Å²) in [4.78, 5) is 0. The number of nitrogens with one attached hydrogen (secondary N) is 1. The predicted octanol–water partition coefficient (Wildman–Crippen LogP) is 4.72. The van der Waals surface area contributed by atoms with Gasteiger partial charge in [-0.3, -0.25) is 5.43 Å². The van der Waals surface area contributed by atoms with E-state index in [-0.39, 0.29) is 5.75 Å². The molecule has 0 heterocycles. The van der Waals surface area contributed by atoms with Crippen LogP contribution in [0, 0.1) is 12.7 Å². The maximum Gasteiger partial charge on any atom is 0.124 e. The van der Waals surface area contributed by atoms with E-state index in [4.69, 9.17) is 11.6 Å². The molecule has 0 spiro atoms. The van der Waals surface area contributed by atoms with Gasteiger partial charge in [-0.1, -0.05) is 24.6 Å². The van der Waals surface area contributed by atoms with Gasteiger partial charge < -0.3 is 5.11 Å². The van der Waals surface area contributed by atoms with Gasteiger partial charge in [-0.2, -0.15) is 5.10 Å². The molecule has 0 saturated heterocycles. The fourth-order valence-corrected chi connectivity index (χ4v) is 2.04. The highest BCUT2D eigenvalue weighted by molar-refractivity contribution is 6.31. The van der Waals surface area contributed by atoms with Crippen LogP contribution in [-0.2, 0) is 0 Å². The highest BCUT2D eigenvalue weighted by atomic mass is 35.5. The Bertz CT molecular complexity index is 686. The number of phenols is 1. The fourth-order valence-electron chi connectivity index (χ4n) is 1.86. The SMILES string of the molecule is CCC(=NNc1ccc(C)c(Cl)c1)c1cc(F)ccc1O. The topological polar surface area (TPSA) is 44.6 Å². The molecule has 0 atom stereocenters. The first-order valence-corrected chi connectivity index (χ1v) is 6.96. The molecule has 0 aliphatic carbocycles. The molecule has 2 rings (SSSR count). The van der Waals surface area contributed by atoms with Crippen LogP contribution in [0.1, 0.15) is 24.5 Å². The van der Waals surface area contributed by atoms with E-state index in [9.17, 15) is 9.50 Å². The number of rotatable bonds is 4. The molecule has 21 heavy (non-hydrogen) atoms. The molecule has 0 aliphatic rings. The first-order chi connectivity index (χ1) is 10.0. The van der Waals surface area contributed by atoms with Crippen LogP contribution >= 0.6 is 11.6 Å². The molecule has 110 valence electrons. The summed E-state index contributed by atoms with van der Waals surface area (Å²) in [6.07, 6.45) is 0.545. The number of hydrogen-bond donors (Lipinski definition) is 2. The lowest BCUT2D eigenvalue weighted by Gasteiger charge is -2.09. The van der Waals surface area contributed by atoms with Gasteiger partial charge in [0, 0.05) is 10.6 Å². The van der Waals surface area contributed by atoms with E-state index >= 15 is 0 Å². The van der Waals surface area contributed by atoms with Crippen LogP contribution in [0.4, 0.5) is 10.1 Å². The van der Waals surface area contributed by atoms with Crippen molar-refractivity contribution in [3.63, 3.8) is 0 Å². The maximum absolute atomic E-state index is 13.3. The van der Waals surface area contributed by atoms with Crippen molar-refractivity contribution < 1.29 is 9.50 Å². The van der Waals surface area contributed by atoms with Crippen molar-refractivity contribution in [2.24, 2.45) is 5.10 Å². The van der Waals surface area contributed by atoms with Crippen molar-refractivity contribution in [3.05, 3.63) is 58.4 Å². The molecule has 0 aliphatic heterocycles. The van der Waals surface area contributed by atoms with E-state index < -0.39 is 5.82 Å². The second kappa shape index (κ2) is 6.59. The quantitative estimate of drug-likeness (QED) is 0.634. The lowest BCUT2D eigenvalue weighted by molar-refractivity contribution is 0.471. The minimum absolute atomic E-state index is 0.000684. The van der Waals surface area contributed by atoms with Crippen molar-refractivity contribution in [1.82, 2.24) is 0 Å². The average Bonchev–Trinajstić information content (AvgIpc) is 2.46. The number of phenolic OH excluding ortho intramolecular Hbond substituents is 1. The van der Waals surface area contributed by atoms with Gasteiger partial charge in [0.1, 0.15) is 11.6 Å². The summed E-state index contributed by atoms with van der Waals surface area (Å²) in [5.74, 6) is -0.414. The van der Waals surface area contributed by atoms with Crippen molar-refractivity contribution in [2.45, 2.75) is 20.3 Å². The van der Waals surface area contributed by atoms with Gasteiger partial charge in [-0.05, 0) is 49.2 Å². The second-order valence-corrected chi connectivity index (χ2v) is 5.06. The van der Waals surface area contributed by atoms with Crippen molar-refractivity contribution in [2.75, 3.05) is 5.43 Å². The molecule has 2 aromatic carbocycles. The van der Waals surface area contributed by atoms with Crippen LogP contribution in [-0.4, -0.2) is 10.8 Å². The Balaban J connectivity index is 2.28. The highest BCUT2D eigenvalue weighted by Gasteiger charge is 2.09. The fraction of sp³-hybridized carbons (Fsp3) is 0.188. The van der Waals surface area contributed by atoms with Crippen LogP contribution in [0.15, 0.2) is 41.5 Å². The van der Waals surface area contributed by atoms with Crippen LogP contribution in [0.2, 0.25) is 5.02 Å². The third-order valence-corrected chi connectivity index (χ3v) is 3.50. The zero-order valence-corrected chi connectivity index (χ0v) is 12.6. The van der Waals surface area contributed by atoms with Crippen molar-refractivity contribution in [3.8, 4) is 5.75 Å². The van der Waals surface area contributed by atoms with Gasteiger partial charge >= 0.3 is 0 Å². The number of hydrogen-bond acceptors (Lipinski definition) is 3. The van der Waals surface area contributed by atoms with Gasteiger partial charge in [-0.15, -0.1) is 0 Å². The van der Waals surface area contributed by atoms with Crippen LogP contribution in [0.25, 0.3) is 0 Å². The summed E-state index contributed by atoms with van der Waals surface area (Å²) >= 11 is 6.05. The molecule has 2 aromatic rings. The molecule has 3 nitrogen and oxygen atoms in total. The summed E-state index contributed by atoms with van der Waals surface area (Å²) in [6.45, 7) is 3.80. The number of anilines is 1. The number of aryl methyl sites for hydroxylation is 1. The molecule has 0 aromatic heterocycles. The lowest BCUT2D eigenvalue weighted by Crippen LogP contribution is -2.04. The van der Waals surface area contributed by atoms with E-state index in [2.05, 4.69) is 10.5 Å². The maximum atomic E-state index is 13.3. The zero-order chi connectivity index (χ0) is 15.4. The standard InChI is InChI=1S/C16H16ClFN2O/c1-3-15(13-8-11(18)5-7-16(13)21)20-19-12-6-4-10(2)14(17)9-12/h4-9,19,21H,3H2,1-2H3. The number of aromatic hydroxyl groups is 1. The van der Waals surface area contributed by atoms with Gasteiger partial charge in [-0.25, -0.2) is 4.39 Å². The third kappa shape index (κ3) is 3.73. The summed E-state index contributed by atoms with van der Waals surface area (Å²) < 4.78 is 13.3. The van der Waals surface area contributed by atoms with Crippen molar-refractivity contribution in [1.29, 1.82) is 0 Å². The Labute approximate surface area is 128 Å². The Hall–Kier alpha value is -2.07. The number of halogens is 2. The monoisotopic (exact) mass is 306 g/mol. The predicted molar refractivity (Wildman–Crippen MR) is 84.7 cm³/mol. The third-order valence-electron chi connectivity index (χ3n) is 3.10. The Morgan fingerprint density at radius 2 is 2.05 bits per heavy atom. The molecular weight excluding hydrogens is 291 g/mol. The minimum atomic E-state index is -0.415. The molecule has 0 fully saturated rings. The van der Waals surface area contributed by atoms with Crippen LogP contribution in [0.5, 0.6) is 5.75 Å². The minimum Gasteiger partial charge on any atom is -0.507 e. The van der Waals surface area contributed by atoms with Crippen LogP contribution < -0.4 is 5.43 Å². The van der Waals surface area contributed by atoms with Crippen molar-refractivity contribution >= 4 is 23.0 Å². The number of nitrogens with zero attached hydrogens (tertiary/aromatic N) is 1. The van der Waals surface area contributed by atoms with E-state index in [1.165, 1.54) is 18.2 Å². The van der Waals surface area contributed by atoms with E-state index in [1.807, 2.05) is 26.0 Å². The van der Waals surface area contributed by atoms with Gasteiger partial charge in [0.2, 0.25) is 0 Å². The normalized spacial score (nSPS) is 11.5. The first kappa shape index (κ1) is 15.3. The first-order valence-electron chi connectivity index (χ1n) is 6.59. The second-order valence-electron chi connectivity index (χ2n) is 4.65. The molecule has 5 heteroatoms. The lowest BCUT2D eigenvalue weighted by atomic mass is 10.1. The molecule has 0 saturated carbocycles. The van der Waals surface area contributed by atoms with Gasteiger partial charge in [0.15, 0.2) is 0 Å². The van der Waals surface area contributed by atoms with Crippen LogP contribution in [0.3, 0.4) is 0 Å². The molecule has 0 unspecified atom stereocenters.